The molecule has 0 saturated heterocycles. The Labute approximate surface area is 107 Å². The number of benzene rings is 1. The third kappa shape index (κ3) is 1.74. The molecule has 0 saturated carbocycles. The third-order valence-electron chi connectivity index (χ3n) is 1.88. The Morgan fingerprint density at radius 2 is 1.07 bits per heavy atom. The maximum absolute atomic E-state index is 5.96. The highest BCUT2D eigenvalue weighted by molar-refractivity contribution is 6.53. The summed E-state index contributed by atoms with van der Waals surface area (Å²) in [6.07, 6.45) is 0. The van der Waals surface area contributed by atoms with Crippen LogP contribution in [0, 0.1) is 0 Å². The first-order valence-electron chi connectivity index (χ1n) is 4.07. The van der Waals surface area contributed by atoms with Crippen LogP contribution in [-0.4, -0.2) is 5.79 Å². The summed E-state index contributed by atoms with van der Waals surface area (Å²) in [5.41, 5.74) is 0. The summed E-state index contributed by atoms with van der Waals surface area (Å²) in [5.74, 6) is -0.147. The molecule has 1 aromatic rings. The SMILES string of the molecule is CC1(C)Oc2c(Cl)c(Cl)c(Cl)c(Cl)c2O1. The molecule has 15 heavy (non-hydrogen) atoms. The van der Waals surface area contributed by atoms with E-state index in [2.05, 4.69) is 0 Å². The Hall–Kier alpha value is -0.0200. The van der Waals surface area contributed by atoms with Gasteiger partial charge in [0.2, 0.25) is 5.79 Å². The van der Waals surface area contributed by atoms with Gasteiger partial charge in [0.15, 0.2) is 11.5 Å². The van der Waals surface area contributed by atoms with Crippen LogP contribution in [0.3, 0.4) is 0 Å². The van der Waals surface area contributed by atoms with Crippen LogP contribution in [0.2, 0.25) is 20.1 Å². The molecule has 1 aliphatic rings. The Morgan fingerprint density at radius 3 is 1.40 bits per heavy atom. The molecule has 0 radical (unpaired) electrons. The molecule has 0 N–H and O–H groups in total. The van der Waals surface area contributed by atoms with Crippen molar-refractivity contribution in [1.82, 2.24) is 0 Å². The molecule has 0 atom stereocenters. The molecule has 0 fully saturated rings. The summed E-state index contributed by atoms with van der Waals surface area (Å²) in [7, 11) is 0. The summed E-state index contributed by atoms with van der Waals surface area (Å²) >= 11 is 23.7. The molecule has 0 aliphatic carbocycles. The minimum Gasteiger partial charge on any atom is -0.447 e. The first-order chi connectivity index (χ1) is 6.83. The fraction of sp³-hybridized carbons (Fsp3) is 0.333. The Bertz CT molecular complexity index is 403. The van der Waals surface area contributed by atoms with Gasteiger partial charge in [0.25, 0.3) is 0 Å². The van der Waals surface area contributed by atoms with Crippen LogP contribution in [-0.2, 0) is 0 Å². The van der Waals surface area contributed by atoms with Gasteiger partial charge in [0.05, 0.1) is 10.0 Å². The fourth-order valence-corrected chi connectivity index (χ4v) is 2.18. The molecule has 0 bridgehead atoms. The second-order valence-electron chi connectivity index (χ2n) is 3.52. The zero-order chi connectivity index (χ0) is 11.4. The van der Waals surface area contributed by atoms with Gasteiger partial charge in [-0.25, -0.2) is 0 Å². The Morgan fingerprint density at radius 1 is 0.733 bits per heavy atom. The Kier molecular flexibility index (Phi) is 2.67. The normalized spacial score (nSPS) is 16.9. The second-order valence-corrected chi connectivity index (χ2v) is 5.03. The fourth-order valence-electron chi connectivity index (χ4n) is 1.29. The molecule has 0 spiro atoms. The second kappa shape index (κ2) is 3.49. The number of fused-ring (bicyclic) bond motifs is 1. The predicted octanol–water partition coefficient (Wildman–Crippen LogP) is 4.81. The number of hydrogen-bond acceptors (Lipinski definition) is 2. The van der Waals surface area contributed by atoms with E-state index in [1.165, 1.54) is 0 Å². The van der Waals surface area contributed by atoms with Gasteiger partial charge in [-0.2, -0.15) is 0 Å². The van der Waals surface area contributed by atoms with Crippen molar-refractivity contribution in [2.45, 2.75) is 19.6 Å². The molecular weight excluding hydrogens is 282 g/mol. The standard InChI is InChI=1S/C9H6Cl4O2/c1-9(2)14-7-5(12)3(10)4(11)6(13)8(7)15-9/h1-2H3. The number of ether oxygens (including phenoxy) is 2. The highest BCUT2D eigenvalue weighted by Gasteiger charge is 2.37. The zero-order valence-corrected chi connectivity index (χ0v) is 10.9. The smallest absolute Gasteiger partial charge is 0.246 e. The maximum atomic E-state index is 5.96. The lowest BCUT2D eigenvalue weighted by atomic mass is 10.3. The van der Waals surface area contributed by atoms with Crippen molar-refractivity contribution in [2.24, 2.45) is 0 Å². The molecule has 0 amide bonds. The lowest BCUT2D eigenvalue weighted by Crippen LogP contribution is -2.29. The highest BCUT2D eigenvalue weighted by atomic mass is 35.5. The van der Waals surface area contributed by atoms with Gasteiger partial charge in [-0.3, -0.25) is 0 Å². The summed E-state index contributed by atoms with van der Waals surface area (Å²) in [5, 5.41) is 0.769. The molecule has 2 nitrogen and oxygen atoms in total. The van der Waals surface area contributed by atoms with Gasteiger partial charge in [-0.1, -0.05) is 46.4 Å². The van der Waals surface area contributed by atoms with Crippen LogP contribution in [0.25, 0.3) is 0 Å². The Balaban J connectivity index is 2.69. The van der Waals surface area contributed by atoms with E-state index < -0.39 is 5.79 Å². The zero-order valence-electron chi connectivity index (χ0n) is 7.83. The van der Waals surface area contributed by atoms with E-state index in [1.54, 1.807) is 13.8 Å². The maximum Gasteiger partial charge on any atom is 0.246 e. The predicted molar refractivity (Wildman–Crippen MR) is 61.8 cm³/mol. The first kappa shape index (κ1) is 11.5. The average Bonchev–Trinajstić information content (AvgIpc) is 2.48. The van der Waals surface area contributed by atoms with E-state index in [4.69, 9.17) is 55.9 Å². The molecule has 1 aromatic carbocycles. The van der Waals surface area contributed by atoms with Crippen molar-refractivity contribution in [2.75, 3.05) is 0 Å². The molecule has 0 unspecified atom stereocenters. The number of hydrogen-bond donors (Lipinski definition) is 0. The average molecular weight is 288 g/mol. The van der Waals surface area contributed by atoms with E-state index in [0.717, 1.165) is 0 Å². The first-order valence-corrected chi connectivity index (χ1v) is 5.58. The van der Waals surface area contributed by atoms with Crippen LogP contribution < -0.4 is 9.47 Å². The third-order valence-corrected chi connectivity index (χ3v) is 3.65. The van der Waals surface area contributed by atoms with E-state index in [1.807, 2.05) is 0 Å². The largest absolute Gasteiger partial charge is 0.447 e. The van der Waals surface area contributed by atoms with E-state index in [0.29, 0.717) is 11.5 Å². The topological polar surface area (TPSA) is 18.5 Å². The monoisotopic (exact) mass is 286 g/mol. The van der Waals surface area contributed by atoms with Gasteiger partial charge < -0.3 is 9.47 Å². The van der Waals surface area contributed by atoms with Crippen LogP contribution in [0.1, 0.15) is 13.8 Å². The lowest BCUT2D eigenvalue weighted by molar-refractivity contribution is -0.0430. The van der Waals surface area contributed by atoms with Gasteiger partial charge in [0.1, 0.15) is 10.0 Å². The molecular formula is C9H6Cl4O2. The lowest BCUT2D eigenvalue weighted by Gasteiger charge is -2.16. The molecule has 2 rings (SSSR count). The van der Waals surface area contributed by atoms with E-state index in [9.17, 15) is 0 Å². The summed E-state index contributed by atoms with van der Waals surface area (Å²) < 4.78 is 10.9. The van der Waals surface area contributed by atoms with Crippen LogP contribution in [0.15, 0.2) is 0 Å². The van der Waals surface area contributed by atoms with Crippen molar-refractivity contribution in [3.8, 4) is 11.5 Å². The van der Waals surface area contributed by atoms with Crippen molar-refractivity contribution in [3.63, 3.8) is 0 Å². The van der Waals surface area contributed by atoms with Crippen LogP contribution in [0.4, 0.5) is 0 Å². The molecule has 82 valence electrons. The summed E-state index contributed by atoms with van der Waals surface area (Å²) in [4.78, 5) is 0. The number of rotatable bonds is 0. The van der Waals surface area contributed by atoms with Crippen molar-refractivity contribution in [1.29, 1.82) is 0 Å². The highest BCUT2D eigenvalue weighted by Crippen LogP contribution is 2.54. The number of halogens is 4. The van der Waals surface area contributed by atoms with Gasteiger partial charge in [-0.15, -0.1) is 0 Å². The van der Waals surface area contributed by atoms with E-state index >= 15 is 0 Å². The summed E-state index contributed by atoms with van der Waals surface area (Å²) in [6.45, 7) is 3.48. The van der Waals surface area contributed by atoms with E-state index in [-0.39, 0.29) is 20.1 Å². The molecule has 1 heterocycles. The van der Waals surface area contributed by atoms with Crippen molar-refractivity contribution >= 4 is 46.4 Å². The van der Waals surface area contributed by atoms with Gasteiger partial charge in [-0.05, 0) is 0 Å². The van der Waals surface area contributed by atoms with Gasteiger partial charge in [0, 0.05) is 13.8 Å². The minimum absolute atomic E-state index is 0.170. The molecule has 1 aliphatic heterocycles. The quantitative estimate of drug-likeness (QED) is 0.504. The molecule has 6 heteroatoms. The van der Waals surface area contributed by atoms with Crippen molar-refractivity contribution < 1.29 is 9.47 Å². The van der Waals surface area contributed by atoms with Crippen molar-refractivity contribution in [3.05, 3.63) is 20.1 Å². The summed E-state index contributed by atoms with van der Waals surface area (Å²) in [6, 6.07) is 0. The minimum atomic E-state index is -0.816. The van der Waals surface area contributed by atoms with Gasteiger partial charge >= 0.3 is 0 Å². The van der Waals surface area contributed by atoms with Crippen LogP contribution >= 0.6 is 46.4 Å². The molecule has 0 aromatic heterocycles. The van der Waals surface area contributed by atoms with Crippen LogP contribution in [0.5, 0.6) is 11.5 Å².